The van der Waals surface area contributed by atoms with Crippen LogP contribution < -0.4 is 5.32 Å². The number of carbonyl (C=O) groups excluding carboxylic acids is 1. The van der Waals surface area contributed by atoms with Crippen LogP contribution in [0.5, 0.6) is 0 Å². The van der Waals surface area contributed by atoms with Gasteiger partial charge in [0.1, 0.15) is 6.54 Å². The van der Waals surface area contributed by atoms with Gasteiger partial charge < -0.3 is 10.4 Å². The summed E-state index contributed by atoms with van der Waals surface area (Å²) < 4.78 is 36.3. The van der Waals surface area contributed by atoms with Crippen LogP contribution in [0.3, 0.4) is 0 Å². The van der Waals surface area contributed by atoms with Crippen molar-refractivity contribution in [2.45, 2.75) is 45.1 Å². The van der Waals surface area contributed by atoms with Crippen LogP contribution in [0, 0.1) is 0 Å². The van der Waals surface area contributed by atoms with Crippen molar-refractivity contribution < 1.29 is 23.1 Å². The van der Waals surface area contributed by atoms with Crippen molar-refractivity contribution in [2.75, 3.05) is 32.7 Å². The Balaban J connectivity index is 2.46. The Labute approximate surface area is 123 Å². The number of nitrogens with one attached hydrogen (secondary N) is 1. The molecule has 1 fully saturated rings. The number of hydrogen-bond donors (Lipinski definition) is 2. The van der Waals surface area contributed by atoms with Crippen LogP contribution in [0.1, 0.15) is 20.8 Å². The lowest BCUT2D eigenvalue weighted by atomic mass is 10.1. The maximum absolute atomic E-state index is 12.1. The Morgan fingerprint density at radius 3 is 2.48 bits per heavy atom. The van der Waals surface area contributed by atoms with Gasteiger partial charge in [0.15, 0.2) is 0 Å². The number of alkyl halides is 3. The van der Waals surface area contributed by atoms with Gasteiger partial charge in [0.25, 0.3) is 0 Å². The predicted molar refractivity (Wildman–Crippen MR) is 72.8 cm³/mol. The molecule has 8 heteroatoms. The smallest absolute Gasteiger partial charge is 0.392 e. The lowest BCUT2D eigenvalue weighted by Gasteiger charge is -2.42. The second kappa shape index (κ2) is 7.42. The lowest BCUT2D eigenvalue weighted by molar-refractivity contribution is -0.142. The topological polar surface area (TPSA) is 55.8 Å². The lowest BCUT2D eigenvalue weighted by Crippen LogP contribution is -2.58. The summed E-state index contributed by atoms with van der Waals surface area (Å²) in [6.07, 6.45) is -4.81. The number of hydrogen-bond acceptors (Lipinski definition) is 4. The molecule has 3 unspecified atom stereocenters. The normalized spacial score (nSPS) is 24.6. The molecule has 0 aliphatic carbocycles. The molecule has 0 aromatic carbocycles. The number of piperazine rings is 1. The molecule has 0 aromatic rings. The third kappa shape index (κ3) is 6.19. The number of nitrogens with zero attached hydrogens (tertiary/aromatic N) is 2. The second-order valence-electron chi connectivity index (χ2n) is 5.70. The van der Waals surface area contributed by atoms with Crippen molar-refractivity contribution in [1.29, 1.82) is 0 Å². The minimum absolute atomic E-state index is 0.145. The molecule has 1 amide bonds. The van der Waals surface area contributed by atoms with E-state index in [1.165, 1.54) is 0 Å². The summed E-state index contributed by atoms with van der Waals surface area (Å²) >= 11 is 0. The van der Waals surface area contributed by atoms with Crippen molar-refractivity contribution in [3.8, 4) is 0 Å². The van der Waals surface area contributed by atoms with Crippen LogP contribution in [0.25, 0.3) is 0 Å². The van der Waals surface area contributed by atoms with Gasteiger partial charge in [-0.2, -0.15) is 13.2 Å². The van der Waals surface area contributed by atoms with Gasteiger partial charge in [-0.3, -0.25) is 14.6 Å². The van der Waals surface area contributed by atoms with E-state index >= 15 is 0 Å². The van der Waals surface area contributed by atoms with E-state index in [1.54, 1.807) is 13.8 Å². The Kier molecular flexibility index (Phi) is 6.42. The molecule has 124 valence electrons. The highest BCUT2D eigenvalue weighted by molar-refractivity contribution is 5.81. The van der Waals surface area contributed by atoms with Crippen LogP contribution in [0.15, 0.2) is 0 Å². The van der Waals surface area contributed by atoms with E-state index in [-0.39, 0.29) is 6.04 Å². The molecule has 0 saturated carbocycles. The molecule has 0 radical (unpaired) electrons. The van der Waals surface area contributed by atoms with Crippen molar-refractivity contribution in [1.82, 2.24) is 15.1 Å². The number of β-amino-alcohol motifs (C(OH)–C–C–N with tert-alkyl or cyclic N) is 1. The van der Waals surface area contributed by atoms with Crippen molar-refractivity contribution in [3.63, 3.8) is 0 Å². The number of rotatable bonds is 5. The first-order valence-corrected chi connectivity index (χ1v) is 7.10. The fraction of sp³-hybridized carbons (Fsp3) is 0.923. The van der Waals surface area contributed by atoms with E-state index in [0.717, 1.165) is 0 Å². The molecule has 5 nitrogen and oxygen atoms in total. The van der Waals surface area contributed by atoms with Gasteiger partial charge in [-0.1, -0.05) is 0 Å². The van der Waals surface area contributed by atoms with Crippen molar-refractivity contribution in [3.05, 3.63) is 0 Å². The Hall–Kier alpha value is -0.860. The SMILES string of the molecule is CC(O)CN1CCN(C(C)C(=O)NCC(F)(F)F)CC1C. The maximum Gasteiger partial charge on any atom is 0.405 e. The molecule has 0 aromatic heterocycles. The Morgan fingerprint density at radius 1 is 1.38 bits per heavy atom. The first-order chi connectivity index (χ1) is 9.60. The van der Waals surface area contributed by atoms with E-state index < -0.39 is 30.8 Å². The first kappa shape index (κ1) is 18.2. The molecule has 1 saturated heterocycles. The third-order valence-corrected chi connectivity index (χ3v) is 3.69. The standard InChI is InChI=1S/C13H24F3N3O2/c1-9-6-19(5-4-18(9)7-10(2)20)11(3)12(21)17-8-13(14,15)16/h9-11,20H,4-8H2,1-3H3,(H,17,21). The minimum Gasteiger partial charge on any atom is -0.392 e. The number of carbonyl (C=O) groups is 1. The van der Waals surface area contributed by atoms with E-state index in [0.29, 0.717) is 26.2 Å². The highest BCUT2D eigenvalue weighted by atomic mass is 19.4. The maximum atomic E-state index is 12.1. The average molecular weight is 311 g/mol. The highest BCUT2D eigenvalue weighted by Gasteiger charge is 2.32. The van der Waals surface area contributed by atoms with Gasteiger partial charge in [0, 0.05) is 32.2 Å². The van der Waals surface area contributed by atoms with Crippen LogP contribution in [0.4, 0.5) is 13.2 Å². The summed E-state index contributed by atoms with van der Waals surface area (Å²) in [6, 6.07) is -0.449. The van der Waals surface area contributed by atoms with Gasteiger partial charge in [-0.15, -0.1) is 0 Å². The second-order valence-corrected chi connectivity index (χ2v) is 5.70. The molecule has 1 rings (SSSR count). The molecule has 3 atom stereocenters. The Bertz CT molecular complexity index is 350. The van der Waals surface area contributed by atoms with Crippen LogP contribution >= 0.6 is 0 Å². The molecular formula is C13H24F3N3O2. The number of aliphatic hydroxyl groups excluding tert-OH is 1. The highest BCUT2D eigenvalue weighted by Crippen LogP contribution is 2.15. The molecule has 0 bridgehead atoms. The van der Waals surface area contributed by atoms with E-state index in [9.17, 15) is 23.1 Å². The van der Waals surface area contributed by atoms with Gasteiger partial charge in [0.2, 0.25) is 5.91 Å². The summed E-state index contributed by atoms with van der Waals surface area (Å²) in [5, 5.41) is 11.3. The van der Waals surface area contributed by atoms with Gasteiger partial charge in [-0.25, -0.2) is 0 Å². The zero-order chi connectivity index (χ0) is 16.2. The molecule has 21 heavy (non-hydrogen) atoms. The summed E-state index contributed by atoms with van der Waals surface area (Å²) in [4.78, 5) is 15.7. The molecule has 2 N–H and O–H groups in total. The molecule has 1 heterocycles. The quantitative estimate of drug-likeness (QED) is 0.774. The third-order valence-electron chi connectivity index (χ3n) is 3.69. The zero-order valence-corrected chi connectivity index (χ0v) is 12.7. The molecular weight excluding hydrogens is 287 g/mol. The van der Waals surface area contributed by atoms with E-state index in [1.807, 2.05) is 17.1 Å². The number of halogens is 3. The predicted octanol–water partition coefficient (Wildman–Crippen LogP) is 0.440. The van der Waals surface area contributed by atoms with Gasteiger partial charge in [0.05, 0.1) is 12.1 Å². The fourth-order valence-corrected chi connectivity index (χ4v) is 2.49. The summed E-state index contributed by atoms with van der Waals surface area (Å²) in [5.41, 5.74) is 0. The Morgan fingerprint density at radius 2 is 2.00 bits per heavy atom. The average Bonchev–Trinajstić information content (AvgIpc) is 2.36. The van der Waals surface area contributed by atoms with Crippen LogP contribution in [-0.2, 0) is 4.79 Å². The van der Waals surface area contributed by atoms with Crippen molar-refractivity contribution in [2.24, 2.45) is 0 Å². The monoisotopic (exact) mass is 311 g/mol. The van der Waals surface area contributed by atoms with Gasteiger partial charge in [-0.05, 0) is 20.8 Å². The molecule has 1 aliphatic rings. The fourth-order valence-electron chi connectivity index (χ4n) is 2.49. The zero-order valence-electron chi connectivity index (χ0n) is 12.7. The number of amides is 1. The van der Waals surface area contributed by atoms with Crippen LogP contribution in [0.2, 0.25) is 0 Å². The largest absolute Gasteiger partial charge is 0.405 e. The minimum atomic E-state index is -4.39. The summed E-state index contributed by atoms with van der Waals surface area (Å²) in [5.74, 6) is -0.608. The molecule has 0 spiro atoms. The number of aliphatic hydroxyl groups is 1. The molecule has 1 aliphatic heterocycles. The van der Waals surface area contributed by atoms with Gasteiger partial charge >= 0.3 is 6.18 Å². The van der Waals surface area contributed by atoms with Crippen LogP contribution in [-0.4, -0.2) is 77.9 Å². The van der Waals surface area contributed by atoms with E-state index in [2.05, 4.69) is 4.90 Å². The van der Waals surface area contributed by atoms with Crippen molar-refractivity contribution >= 4 is 5.91 Å². The first-order valence-electron chi connectivity index (χ1n) is 7.10. The van der Waals surface area contributed by atoms with E-state index in [4.69, 9.17) is 0 Å². The summed E-state index contributed by atoms with van der Waals surface area (Å²) in [7, 11) is 0. The summed E-state index contributed by atoms with van der Waals surface area (Å²) in [6.45, 7) is 6.44.